The van der Waals surface area contributed by atoms with Crippen LogP contribution in [0.3, 0.4) is 0 Å². The van der Waals surface area contributed by atoms with Crippen molar-refractivity contribution in [1.29, 1.82) is 0 Å². The molecule has 0 amide bonds. The van der Waals surface area contributed by atoms with Gasteiger partial charge >= 0.3 is 29.6 Å². The first kappa shape index (κ1) is 26.1. The van der Waals surface area contributed by atoms with Crippen molar-refractivity contribution in [3.63, 3.8) is 0 Å². The number of hydrogen-bond donors (Lipinski definition) is 0. The van der Waals surface area contributed by atoms with Crippen LogP contribution in [0.2, 0.25) is 0 Å². The zero-order valence-corrected chi connectivity index (χ0v) is 22.5. The number of ether oxygens (including phenoxy) is 1. The van der Waals surface area contributed by atoms with Crippen LogP contribution in [0.4, 0.5) is 0 Å². The quantitative estimate of drug-likeness (QED) is 0.332. The zero-order valence-electron chi connectivity index (χ0n) is 20.5. The summed E-state index contributed by atoms with van der Waals surface area (Å²) in [6.07, 6.45) is 3.05. The molecule has 0 saturated heterocycles. The van der Waals surface area contributed by atoms with Crippen LogP contribution in [0.1, 0.15) is 34.3 Å². The van der Waals surface area contributed by atoms with Crippen LogP contribution in [-0.4, -0.2) is 34.0 Å². The first-order chi connectivity index (χ1) is 17.1. The van der Waals surface area contributed by atoms with Gasteiger partial charge in [-0.15, -0.1) is 0 Å². The molecule has 0 fully saturated rings. The second kappa shape index (κ2) is 11.8. The summed E-state index contributed by atoms with van der Waals surface area (Å²) in [7, 11) is 0. The predicted octanol–water partition coefficient (Wildman–Crippen LogP) is 0.520. The number of benzene rings is 2. The van der Waals surface area contributed by atoms with Crippen molar-refractivity contribution < 1.29 is 48.6 Å². The van der Waals surface area contributed by atoms with Crippen LogP contribution in [0.5, 0.6) is 5.75 Å². The number of aliphatic carboxylic acids is 1. The van der Waals surface area contributed by atoms with Gasteiger partial charge in [-0.2, -0.15) is 0 Å². The molecule has 1 aliphatic heterocycles. The minimum Gasteiger partial charge on any atom is -0.548 e. The third-order valence-corrected chi connectivity index (χ3v) is 6.28. The molecule has 1 atom stereocenters. The minimum atomic E-state index is -1.12. The van der Waals surface area contributed by atoms with Crippen LogP contribution in [0.25, 0.3) is 11.5 Å². The molecule has 5 rings (SSSR count). The molecule has 36 heavy (non-hydrogen) atoms. The summed E-state index contributed by atoms with van der Waals surface area (Å²) in [5.41, 5.74) is 4.32. The van der Waals surface area contributed by atoms with Gasteiger partial charge in [-0.3, -0.25) is 9.88 Å². The number of aryl methyl sites for hydroxylation is 1. The monoisotopic (exact) mass is 491 g/mol. The van der Waals surface area contributed by atoms with Crippen LogP contribution < -0.4 is 39.4 Å². The Bertz CT molecular complexity index is 1310. The number of nitrogens with zero attached hydrogens (tertiary/aromatic N) is 3. The predicted molar refractivity (Wildman–Crippen MR) is 128 cm³/mol. The molecule has 8 heteroatoms. The fraction of sp³-hybridized carbons (Fsp3) is 0.250. The molecule has 2 aromatic carbocycles. The number of carbonyl (C=O) groups is 1. The standard InChI is InChI=1S/C28H27N3O4.Na/c1-19-25(30-27(35-19)21-7-3-2-4-8-21)13-16-34-23-11-10-20-12-15-31(18-22-9-5-6-14-29-22)26(28(32)33)24(20)17-23;/h2-11,14,17,26H,12-13,15-16,18H2,1H3,(H,32,33);/q;+1/p-1. The molecule has 3 heterocycles. The maximum Gasteiger partial charge on any atom is 1.00 e. The Labute approximate surface area is 232 Å². The first-order valence-corrected chi connectivity index (χ1v) is 11.7. The van der Waals surface area contributed by atoms with Crippen LogP contribution in [0, 0.1) is 6.92 Å². The van der Waals surface area contributed by atoms with E-state index >= 15 is 0 Å². The second-order valence-corrected chi connectivity index (χ2v) is 8.61. The third-order valence-electron chi connectivity index (χ3n) is 6.28. The van der Waals surface area contributed by atoms with Gasteiger partial charge in [0.15, 0.2) is 0 Å². The Morgan fingerprint density at radius 2 is 1.94 bits per heavy atom. The summed E-state index contributed by atoms with van der Waals surface area (Å²) in [6, 6.07) is 20.2. The molecular formula is C28H26N3NaO4. The Hall–Kier alpha value is -2.97. The Morgan fingerprint density at radius 1 is 1.14 bits per heavy atom. The minimum absolute atomic E-state index is 0. The van der Waals surface area contributed by atoms with Crippen molar-refractivity contribution >= 4 is 5.97 Å². The average Bonchev–Trinajstić information content (AvgIpc) is 3.25. The van der Waals surface area contributed by atoms with Crippen molar-refractivity contribution in [2.45, 2.75) is 32.4 Å². The van der Waals surface area contributed by atoms with E-state index in [1.165, 1.54) is 0 Å². The van der Waals surface area contributed by atoms with Gasteiger partial charge in [-0.1, -0.05) is 30.3 Å². The molecule has 7 nitrogen and oxygen atoms in total. The first-order valence-electron chi connectivity index (χ1n) is 11.7. The van der Waals surface area contributed by atoms with E-state index in [2.05, 4.69) is 9.97 Å². The zero-order chi connectivity index (χ0) is 24.2. The van der Waals surface area contributed by atoms with E-state index in [-0.39, 0.29) is 29.6 Å². The molecule has 2 aromatic heterocycles. The van der Waals surface area contributed by atoms with E-state index in [1.54, 1.807) is 6.20 Å². The molecule has 0 spiro atoms. The van der Waals surface area contributed by atoms with E-state index in [0.29, 0.717) is 43.3 Å². The smallest absolute Gasteiger partial charge is 0.548 e. The number of fused-ring (bicyclic) bond motifs is 1. The molecular weight excluding hydrogens is 465 g/mol. The number of aromatic nitrogens is 2. The molecule has 0 N–H and O–H groups in total. The average molecular weight is 492 g/mol. The summed E-state index contributed by atoms with van der Waals surface area (Å²) in [4.78, 5) is 23.0. The number of carbonyl (C=O) groups excluding carboxylic acids is 1. The van der Waals surface area contributed by atoms with Crippen LogP contribution in [-0.2, 0) is 24.2 Å². The Balaban J connectivity index is 0.00000304. The SMILES string of the molecule is Cc1oc(-c2ccccc2)nc1CCOc1ccc2c(c1)C(C(=O)[O-])N(Cc1ccccn1)CC2.[Na+]. The van der Waals surface area contributed by atoms with Gasteiger partial charge in [0.25, 0.3) is 0 Å². The summed E-state index contributed by atoms with van der Waals surface area (Å²) >= 11 is 0. The third kappa shape index (κ3) is 5.87. The molecule has 1 aliphatic rings. The van der Waals surface area contributed by atoms with Gasteiger partial charge in [-0.25, -0.2) is 4.98 Å². The van der Waals surface area contributed by atoms with E-state index in [9.17, 15) is 9.90 Å². The summed E-state index contributed by atoms with van der Waals surface area (Å²) < 4.78 is 11.8. The molecule has 0 aliphatic carbocycles. The molecule has 0 bridgehead atoms. The summed E-state index contributed by atoms with van der Waals surface area (Å²) in [5, 5.41) is 12.2. The van der Waals surface area contributed by atoms with Crippen molar-refractivity contribution in [2.75, 3.05) is 13.2 Å². The molecule has 0 radical (unpaired) electrons. The second-order valence-electron chi connectivity index (χ2n) is 8.61. The topological polar surface area (TPSA) is 91.5 Å². The number of carboxylic acids is 1. The van der Waals surface area contributed by atoms with Gasteiger partial charge in [0.2, 0.25) is 5.89 Å². The maximum atomic E-state index is 12.2. The fourth-order valence-corrected chi connectivity index (χ4v) is 4.51. The van der Waals surface area contributed by atoms with Crippen molar-refractivity contribution in [3.8, 4) is 17.2 Å². The van der Waals surface area contributed by atoms with Crippen molar-refractivity contribution in [2.24, 2.45) is 0 Å². The molecule has 178 valence electrons. The number of hydrogen-bond acceptors (Lipinski definition) is 7. The molecule has 4 aromatic rings. The van der Waals surface area contributed by atoms with Gasteiger partial charge in [0.1, 0.15) is 11.5 Å². The summed E-state index contributed by atoms with van der Waals surface area (Å²) in [5.74, 6) is 0.863. The van der Waals surface area contributed by atoms with Gasteiger partial charge < -0.3 is 19.1 Å². The van der Waals surface area contributed by atoms with Gasteiger partial charge in [0, 0.05) is 31.3 Å². The van der Waals surface area contributed by atoms with Gasteiger partial charge in [0.05, 0.1) is 30.0 Å². The summed E-state index contributed by atoms with van der Waals surface area (Å²) in [6.45, 7) is 3.36. The normalized spacial score (nSPS) is 15.1. The van der Waals surface area contributed by atoms with E-state index < -0.39 is 12.0 Å². The molecule has 0 saturated carbocycles. The van der Waals surface area contributed by atoms with Crippen molar-refractivity contribution in [3.05, 3.63) is 101 Å². The maximum absolute atomic E-state index is 12.2. The van der Waals surface area contributed by atoms with Crippen molar-refractivity contribution in [1.82, 2.24) is 14.9 Å². The molecule has 1 unspecified atom stereocenters. The van der Waals surface area contributed by atoms with E-state index in [1.807, 2.05) is 78.6 Å². The van der Waals surface area contributed by atoms with E-state index in [4.69, 9.17) is 9.15 Å². The van der Waals surface area contributed by atoms with Crippen LogP contribution in [0.15, 0.2) is 77.3 Å². The fourth-order valence-electron chi connectivity index (χ4n) is 4.51. The number of rotatable bonds is 8. The Morgan fingerprint density at radius 3 is 2.69 bits per heavy atom. The largest absolute Gasteiger partial charge is 1.00 e. The number of oxazole rings is 1. The van der Waals surface area contributed by atoms with E-state index in [0.717, 1.165) is 34.7 Å². The van der Waals surface area contributed by atoms with Gasteiger partial charge in [-0.05, 0) is 60.9 Å². The number of pyridine rings is 1. The van der Waals surface area contributed by atoms with Crippen LogP contribution >= 0.6 is 0 Å². The number of carboxylic acid groups (broad SMARTS) is 1. The Kier molecular flexibility index (Phi) is 8.59.